The van der Waals surface area contributed by atoms with E-state index in [0.717, 1.165) is 30.7 Å². The Morgan fingerprint density at radius 2 is 1.89 bits per heavy atom. The molecule has 0 saturated heterocycles. The Balaban J connectivity index is 0.00000676. The number of ether oxygens (including phenoxy) is 2. The Kier molecular flexibility index (Phi) is 11.8. The number of carbonyl (C=O) groups excluding carboxylic acids is 1. The second kappa shape index (κ2) is 12.6. The van der Waals surface area contributed by atoms with Crippen LogP contribution in [-0.2, 0) is 4.74 Å². The maximum absolute atomic E-state index is 11.8. The highest BCUT2D eigenvalue weighted by Crippen LogP contribution is 2.15. The molecule has 0 fully saturated rings. The van der Waals surface area contributed by atoms with E-state index < -0.39 is 11.7 Å². The quantitative estimate of drug-likeness (QED) is 0.288. The van der Waals surface area contributed by atoms with Crippen molar-refractivity contribution in [3.63, 3.8) is 0 Å². The third-order valence-corrected chi connectivity index (χ3v) is 3.46. The molecule has 0 aliphatic heterocycles. The van der Waals surface area contributed by atoms with Crippen molar-refractivity contribution in [2.45, 2.75) is 58.6 Å². The second-order valence-electron chi connectivity index (χ2n) is 7.05. The highest BCUT2D eigenvalue weighted by molar-refractivity contribution is 14.0. The van der Waals surface area contributed by atoms with Gasteiger partial charge >= 0.3 is 6.09 Å². The van der Waals surface area contributed by atoms with Crippen molar-refractivity contribution in [3.8, 4) is 5.75 Å². The minimum atomic E-state index is -0.527. The lowest BCUT2D eigenvalue weighted by atomic mass is 10.1. The molecule has 0 aliphatic rings. The van der Waals surface area contributed by atoms with E-state index in [2.05, 4.69) is 22.5 Å². The molecule has 154 valence electrons. The van der Waals surface area contributed by atoms with Crippen LogP contribution in [0.4, 0.5) is 10.5 Å². The largest absolute Gasteiger partial charge is 0.497 e. The lowest BCUT2D eigenvalue weighted by Crippen LogP contribution is -2.37. The number of benzene rings is 1. The molecule has 0 aliphatic carbocycles. The number of guanidine groups is 1. The van der Waals surface area contributed by atoms with Gasteiger partial charge < -0.3 is 25.8 Å². The number of alkyl carbamates (subject to hydrolysis) is 1. The van der Waals surface area contributed by atoms with Crippen LogP contribution in [0.5, 0.6) is 5.75 Å². The SMILES string of the molecule is CCCCC(CNC(=O)OC(C)(C)C)N=C(N)Nc1ccc(OC)cc1.I. The van der Waals surface area contributed by atoms with Gasteiger partial charge in [0.2, 0.25) is 0 Å². The molecule has 4 N–H and O–H groups in total. The summed E-state index contributed by atoms with van der Waals surface area (Å²) in [5, 5.41) is 5.82. The zero-order chi connectivity index (χ0) is 19.6. The average Bonchev–Trinajstić information content (AvgIpc) is 2.56. The average molecular weight is 492 g/mol. The number of unbranched alkanes of at least 4 members (excludes halogenated alkanes) is 1. The normalized spacial score (nSPS) is 12.6. The fraction of sp³-hybridized carbons (Fsp3) is 0.579. The standard InChI is InChI=1S/C19H32N4O3.HI/c1-6-7-8-15(13-21-18(24)26-19(2,3)4)23-17(20)22-14-9-11-16(25-5)12-10-14;/h9-12,15H,6-8,13H2,1-5H3,(H,21,24)(H3,20,22,23);1H. The summed E-state index contributed by atoms with van der Waals surface area (Å²) >= 11 is 0. The number of nitrogens with one attached hydrogen (secondary N) is 2. The number of carbonyl (C=O) groups is 1. The molecule has 0 saturated carbocycles. The van der Waals surface area contributed by atoms with Gasteiger partial charge in [0.25, 0.3) is 0 Å². The van der Waals surface area contributed by atoms with Crippen LogP contribution in [0, 0.1) is 0 Å². The number of nitrogens with two attached hydrogens (primary N) is 1. The molecule has 0 radical (unpaired) electrons. The van der Waals surface area contributed by atoms with E-state index in [1.807, 2.05) is 45.0 Å². The molecular formula is C19H33IN4O3. The second-order valence-corrected chi connectivity index (χ2v) is 7.05. The molecule has 1 aromatic rings. The summed E-state index contributed by atoms with van der Waals surface area (Å²) < 4.78 is 10.4. The third-order valence-electron chi connectivity index (χ3n) is 3.46. The van der Waals surface area contributed by atoms with E-state index in [1.165, 1.54) is 0 Å². The number of hydrogen-bond acceptors (Lipinski definition) is 4. The van der Waals surface area contributed by atoms with E-state index in [4.69, 9.17) is 15.2 Å². The minimum absolute atomic E-state index is 0. The summed E-state index contributed by atoms with van der Waals surface area (Å²) in [4.78, 5) is 16.3. The number of amides is 1. The van der Waals surface area contributed by atoms with E-state index in [-0.39, 0.29) is 30.0 Å². The first kappa shape index (κ1) is 25.3. The van der Waals surface area contributed by atoms with E-state index in [9.17, 15) is 4.79 Å². The molecule has 0 bridgehead atoms. The van der Waals surface area contributed by atoms with Crippen molar-refractivity contribution in [2.24, 2.45) is 10.7 Å². The van der Waals surface area contributed by atoms with Crippen LogP contribution >= 0.6 is 24.0 Å². The molecule has 1 unspecified atom stereocenters. The highest BCUT2D eigenvalue weighted by Gasteiger charge is 2.17. The maximum atomic E-state index is 11.8. The van der Waals surface area contributed by atoms with Crippen LogP contribution in [0.25, 0.3) is 0 Å². The van der Waals surface area contributed by atoms with E-state index in [1.54, 1.807) is 7.11 Å². The molecule has 27 heavy (non-hydrogen) atoms. The van der Waals surface area contributed by atoms with Crippen molar-refractivity contribution >= 4 is 41.7 Å². The van der Waals surface area contributed by atoms with Gasteiger partial charge in [-0.3, -0.25) is 0 Å². The molecular weight excluding hydrogens is 459 g/mol. The fourth-order valence-corrected chi connectivity index (χ4v) is 2.22. The van der Waals surface area contributed by atoms with Gasteiger partial charge in [0.1, 0.15) is 11.4 Å². The first-order valence-corrected chi connectivity index (χ1v) is 8.94. The Morgan fingerprint density at radius 1 is 1.26 bits per heavy atom. The smallest absolute Gasteiger partial charge is 0.407 e. The zero-order valence-corrected chi connectivity index (χ0v) is 19.2. The number of hydrogen-bond donors (Lipinski definition) is 3. The van der Waals surface area contributed by atoms with Crippen molar-refractivity contribution in [1.82, 2.24) is 5.32 Å². The predicted octanol–water partition coefficient (Wildman–Crippen LogP) is 4.12. The van der Waals surface area contributed by atoms with E-state index >= 15 is 0 Å². The van der Waals surface area contributed by atoms with Crippen LogP contribution in [0.1, 0.15) is 47.0 Å². The molecule has 7 nitrogen and oxygen atoms in total. The summed E-state index contributed by atoms with van der Waals surface area (Å²) in [6, 6.07) is 7.29. The number of rotatable bonds is 8. The Bertz CT molecular complexity index is 586. The van der Waals surface area contributed by atoms with Crippen LogP contribution in [0.3, 0.4) is 0 Å². The summed E-state index contributed by atoms with van der Waals surface area (Å²) in [5.41, 5.74) is 6.31. The van der Waals surface area contributed by atoms with Gasteiger partial charge in [0.15, 0.2) is 5.96 Å². The molecule has 1 rings (SSSR count). The molecule has 1 atom stereocenters. The molecule has 1 aromatic carbocycles. The maximum Gasteiger partial charge on any atom is 0.407 e. The van der Waals surface area contributed by atoms with Crippen molar-refractivity contribution in [2.75, 3.05) is 19.0 Å². The topological polar surface area (TPSA) is 98.0 Å². The van der Waals surface area contributed by atoms with Crippen molar-refractivity contribution < 1.29 is 14.3 Å². The van der Waals surface area contributed by atoms with Gasteiger partial charge in [-0.15, -0.1) is 24.0 Å². The molecule has 1 amide bonds. The summed E-state index contributed by atoms with van der Waals surface area (Å²) in [6.07, 6.45) is 2.43. The van der Waals surface area contributed by atoms with Crippen LogP contribution in [0.2, 0.25) is 0 Å². The van der Waals surface area contributed by atoms with Gasteiger partial charge in [-0.05, 0) is 51.5 Å². The zero-order valence-electron chi connectivity index (χ0n) is 16.9. The van der Waals surface area contributed by atoms with Gasteiger partial charge in [0, 0.05) is 12.2 Å². The lowest BCUT2D eigenvalue weighted by molar-refractivity contribution is 0.0524. The van der Waals surface area contributed by atoms with Gasteiger partial charge in [-0.25, -0.2) is 9.79 Å². The summed E-state index contributed by atoms with van der Waals surface area (Å²) in [5.74, 6) is 1.08. The fourth-order valence-electron chi connectivity index (χ4n) is 2.22. The first-order valence-electron chi connectivity index (χ1n) is 8.94. The van der Waals surface area contributed by atoms with Crippen LogP contribution < -0.4 is 21.1 Å². The lowest BCUT2D eigenvalue weighted by Gasteiger charge is -2.21. The van der Waals surface area contributed by atoms with Crippen molar-refractivity contribution in [1.29, 1.82) is 0 Å². The molecule has 0 aromatic heterocycles. The summed E-state index contributed by atoms with van der Waals surface area (Å²) in [6.45, 7) is 7.98. The van der Waals surface area contributed by atoms with E-state index in [0.29, 0.717) is 12.5 Å². The number of halogens is 1. The Morgan fingerprint density at radius 3 is 2.41 bits per heavy atom. The molecule has 0 heterocycles. The number of anilines is 1. The Hall–Kier alpha value is -1.71. The molecule has 0 spiro atoms. The number of methoxy groups -OCH3 is 1. The molecule has 8 heteroatoms. The minimum Gasteiger partial charge on any atom is -0.497 e. The van der Waals surface area contributed by atoms with Gasteiger partial charge in [-0.2, -0.15) is 0 Å². The van der Waals surface area contributed by atoms with Gasteiger partial charge in [0.05, 0.1) is 13.2 Å². The van der Waals surface area contributed by atoms with Gasteiger partial charge in [-0.1, -0.05) is 19.8 Å². The monoisotopic (exact) mass is 492 g/mol. The number of aliphatic imine (C=N–C) groups is 1. The van der Waals surface area contributed by atoms with Crippen molar-refractivity contribution in [3.05, 3.63) is 24.3 Å². The van der Waals surface area contributed by atoms with Crippen LogP contribution in [0.15, 0.2) is 29.3 Å². The first-order chi connectivity index (χ1) is 12.2. The highest BCUT2D eigenvalue weighted by atomic mass is 127. The predicted molar refractivity (Wildman–Crippen MR) is 121 cm³/mol. The van der Waals surface area contributed by atoms with Crippen LogP contribution in [-0.4, -0.2) is 37.4 Å². The number of nitrogens with zero attached hydrogens (tertiary/aromatic N) is 1. The summed E-state index contributed by atoms with van der Waals surface area (Å²) in [7, 11) is 1.62. The Labute approximate surface area is 179 Å². The third kappa shape index (κ3) is 11.6.